The zero-order valence-electron chi connectivity index (χ0n) is 12.3. The second-order valence-corrected chi connectivity index (χ2v) is 5.44. The summed E-state index contributed by atoms with van der Waals surface area (Å²) in [6, 6.07) is 10.9. The second kappa shape index (κ2) is 7.04. The van der Waals surface area contributed by atoms with Crippen molar-refractivity contribution in [2.24, 2.45) is 5.92 Å². The monoisotopic (exact) mass is 297 g/mol. The van der Waals surface area contributed by atoms with Gasteiger partial charge in [-0.25, -0.2) is 0 Å². The largest absolute Gasteiger partial charge is 0.457 e. The molecular weight excluding hydrogens is 278 g/mol. The number of aromatic nitrogens is 1. The summed E-state index contributed by atoms with van der Waals surface area (Å²) < 4.78 is 5.71. The first-order valence-corrected chi connectivity index (χ1v) is 7.48. The maximum Gasteiger partial charge on any atom is 0.238 e. The van der Waals surface area contributed by atoms with Crippen LogP contribution >= 0.6 is 0 Å². The number of nitrogens with zero attached hydrogens (tertiary/aromatic N) is 1. The average molecular weight is 297 g/mol. The zero-order valence-corrected chi connectivity index (χ0v) is 12.3. The number of amides is 1. The van der Waals surface area contributed by atoms with Crippen molar-refractivity contribution in [1.29, 1.82) is 0 Å². The molecular formula is C17H19N3O2. The van der Waals surface area contributed by atoms with Gasteiger partial charge in [0, 0.05) is 24.1 Å². The lowest BCUT2D eigenvalue weighted by atomic mass is 10.3. The van der Waals surface area contributed by atoms with Crippen LogP contribution in [0.15, 0.2) is 48.8 Å². The second-order valence-electron chi connectivity index (χ2n) is 5.44. The van der Waals surface area contributed by atoms with Crippen molar-refractivity contribution in [3.63, 3.8) is 0 Å². The summed E-state index contributed by atoms with van der Waals surface area (Å²) in [4.78, 5) is 15.8. The van der Waals surface area contributed by atoms with E-state index in [0.717, 1.165) is 18.2 Å². The molecule has 0 aliphatic heterocycles. The fourth-order valence-corrected chi connectivity index (χ4v) is 2.10. The van der Waals surface area contributed by atoms with Crippen LogP contribution in [-0.4, -0.2) is 24.0 Å². The van der Waals surface area contributed by atoms with E-state index in [1.807, 2.05) is 18.2 Å². The summed E-state index contributed by atoms with van der Waals surface area (Å²) >= 11 is 0. The van der Waals surface area contributed by atoms with Crippen molar-refractivity contribution in [1.82, 2.24) is 10.3 Å². The maximum absolute atomic E-state index is 11.9. The molecule has 5 nitrogen and oxygen atoms in total. The molecule has 2 aromatic rings. The molecule has 1 aromatic carbocycles. The Morgan fingerprint density at radius 2 is 2.00 bits per heavy atom. The highest BCUT2D eigenvalue weighted by molar-refractivity contribution is 5.92. The fourth-order valence-electron chi connectivity index (χ4n) is 2.10. The Balaban J connectivity index is 1.52. The van der Waals surface area contributed by atoms with Gasteiger partial charge in [-0.15, -0.1) is 0 Å². The molecule has 0 bridgehead atoms. The van der Waals surface area contributed by atoms with E-state index < -0.39 is 0 Å². The minimum absolute atomic E-state index is 0.0401. The van der Waals surface area contributed by atoms with Gasteiger partial charge >= 0.3 is 0 Å². The van der Waals surface area contributed by atoms with E-state index in [-0.39, 0.29) is 5.91 Å². The average Bonchev–Trinajstić information content (AvgIpc) is 3.33. The van der Waals surface area contributed by atoms with Crippen LogP contribution in [0.1, 0.15) is 12.8 Å². The molecule has 0 radical (unpaired) electrons. The van der Waals surface area contributed by atoms with E-state index in [4.69, 9.17) is 4.74 Å². The van der Waals surface area contributed by atoms with Crippen LogP contribution < -0.4 is 15.4 Å². The Labute approximate surface area is 129 Å². The minimum Gasteiger partial charge on any atom is -0.457 e. The number of pyridine rings is 1. The lowest BCUT2D eigenvalue weighted by molar-refractivity contribution is -0.115. The molecule has 1 aliphatic rings. The summed E-state index contributed by atoms with van der Waals surface area (Å²) in [5.41, 5.74) is 0.727. The third-order valence-electron chi connectivity index (χ3n) is 3.42. The number of carbonyl (C=O) groups excluding carboxylic acids is 1. The number of carbonyl (C=O) groups is 1. The van der Waals surface area contributed by atoms with Gasteiger partial charge in [0.1, 0.15) is 11.5 Å². The van der Waals surface area contributed by atoms with Gasteiger partial charge in [-0.2, -0.15) is 0 Å². The summed E-state index contributed by atoms with van der Waals surface area (Å²) in [6.07, 6.45) is 5.91. The fraction of sp³-hybridized carbons (Fsp3) is 0.294. The van der Waals surface area contributed by atoms with Crippen molar-refractivity contribution >= 4 is 11.6 Å². The molecule has 0 spiro atoms. The molecule has 5 heteroatoms. The number of hydrogen-bond acceptors (Lipinski definition) is 4. The first kappa shape index (κ1) is 14.5. The molecule has 2 N–H and O–H groups in total. The predicted octanol–water partition coefficient (Wildman–Crippen LogP) is 2.81. The lowest BCUT2D eigenvalue weighted by Gasteiger charge is -2.09. The summed E-state index contributed by atoms with van der Waals surface area (Å²) in [7, 11) is 0. The Hall–Kier alpha value is -2.40. The van der Waals surface area contributed by atoms with Crippen molar-refractivity contribution in [3.8, 4) is 11.5 Å². The van der Waals surface area contributed by atoms with Crippen LogP contribution in [0.4, 0.5) is 5.69 Å². The topological polar surface area (TPSA) is 63.2 Å². The Morgan fingerprint density at radius 1 is 1.18 bits per heavy atom. The molecule has 0 saturated heterocycles. The number of hydrogen-bond donors (Lipinski definition) is 2. The number of rotatable bonds is 7. The molecule has 1 amide bonds. The van der Waals surface area contributed by atoms with E-state index >= 15 is 0 Å². The maximum atomic E-state index is 11.9. The number of benzene rings is 1. The third-order valence-corrected chi connectivity index (χ3v) is 3.42. The van der Waals surface area contributed by atoms with Gasteiger partial charge in [-0.1, -0.05) is 6.07 Å². The molecule has 1 saturated carbocycles. The van der Waals surface area contributed by atoms with Gasteiger partial charge in [0.2, 0.25) is 5.91 Å². The van der Waals surface area contributed by atoms with Gasteiger partial charge in [0.05, 0.1) is 6.54 Å². The van der Waals surface area contributed by atoms with Gasteiger partial charge in [-0.05, 0) is 49.6 Å². The van der Waals surface area contributed by atoms with Gasteiger partial charge in [0.15, 0.2) is 0 Å². The van der Waals surface area contributed by atoms with Gasteiger partial charge in [-0.3, -0.25) is 9.78 Å². The molecule has 114 valence electrons. The van der Waals surface area contributed by atoms with Crippen LogP contribution in [-0.2, 0) is 4.79 Å². The molecule has 1 heterocycles. The Morgan fingerprint density at radius 3 is 2.77 bits per heavy atom. The molecule has 1 aliphatic carbocycles. The molecule has 22 heavy (non-hydrogen) atoms. The number of anilines is 1. The Kier molecular flexibility index (Phi) is 4.65. The minimum atomic E-state index is -0.0401. The van der Waals surface area contributed by atoms with Gasteiger partial charge < -0.3 is 15.4 Å². The van der Waals surface area contributed by atoms with Crippen LogP contribution in [0.2, 0.25) is 0 Å². The predicted molar refractivity (Wildman–Crippen MR) is 85.0 cm³/mol. The lowest BCUT2D eigenvalue weighted by Crippen LogP contribution is -2.29. The summed E-state index contributed by atoms with van der Waals surface area (Å²) in [5.74, 6) is 2.12. The quantitative estimate of drug-likeness (QED) is 0.825. The SMILES string of the molecule is O=C(CNCC1CC1)Nc1cccc(Oc2ccncc2)c1. The molecule has 0 unspecified atom stereocenters. The molecule has 0 atom stereocenters. The summed E-state index contributed by atoms with van der Waals surface area (Å²) in [5, 5.41) is 6.04. The van der Waals surface area contributed by atoms with Crippen LogP contribution in [0.3, 0.4) is 0 Å². The van der Waals surface area contributed by atoms with E-state index in [2.05, 4.69) is 15.6 Å². The standard InChI is InChI=1S/C17H19N3O2/c21-17(12-19-11-13-4-5-13)20-14-2-1-3-16(10-14)22-15-6-8-18-9-7-15/h1-3,6-10,13,19H,4-5,11-12H2,(H,20,21). The van der Waals surface area contributed by atoms with Crippen molar-refractivity contribution in [3.05, 3.63) is 48.8 Å². The smallest absolute Gasteiger partial charge is 0.238 e. The first-order valence-electron chi connectivity index (χ1n) is 7.48. The van der Waals surface area contributed by atoms with Crippen LogP contribution in [0.25, 0.3) is 0 Å². The molecule has 1 fully saturated rings. The highest BCUT2D eigenvalue weighted by Gasteiger charge is 2.20. The van der Waals surface area contributed by atoms with E-state index in [1.54, 1.807) is 30.6 Å². The van der Waals surface area contributed by atoms with E-state index in [1.165, 1.54) is 12.8 Å². The number of ether oxygens (including phenoxy) is 1. The van der Waals surface area contributed by atoms with Crippen LogP contribution in [0.5, 0.6) is 11.5 Å². The van der Waals surface area contributed by atoms with Crippen molar-refractivity contribution in [2.45, 2.75) is 12.8 Å². The first-order chi connectivity index (χ1) is 10.8. The van der Waals surface area contributed by atoms with Crippen molar-refractivity contribution < 1.29 is 9.53 Å². The third kappa shape index (κ3) is 4.56. The normalized spacial score (nSPS) is 13.6. The van der Waals surface area contributed by atoms with E-state index in [9.17, 15) is 4.79 Å². The highest BCUT2D eigenvalue weighted by Crippen LogP contribution is 2.27. The summed E-state index contributed by atoms with van der Waals surface area (Å²) in [6.45, 7) is 1.27. The zero-order chi connectivity index (χ0) is 15.2. The molecule has 1 aromatic heterocycles. The van der Waals surface area contributed by atoms with Crippen molar-refractivity contribution in [2.75, 3.05) is 18.4 Å². The van der Waals surface area contributed by atoms with E-state index in [0.29, 0.717) is 18.0 Å². The van der Waals surface area contributed by atoms with Crippen LogP contribution in [0, 0.1) is 5.92 Å². The molecule has 3 rings (SSSR count). The Bertz CT molecular complexity index is 627. The number of nitrogens with one attached hydrogen (secondary N) is 2. The van der Waals surface area contributed by atoms with Gasteiger partial charge in [0.25, 0.3) is 0 Å². The highest BCUT2D eigenvalue weighted by atomic mass is 16.5.